The van der Waals surface area contributed by atoms with Crippen molar-refractivity contribution in [2.75, 3.05) is 19.0 Å². The lowest BCUT2D eigenvalue weighted by molar-refractivity contribution is -0.128. The van der Waals surface area contributed by atoms with Crippen LogP contribution in [0.3, 0.4) is 0 Å². The number of Topliss-reactive ketones (excluding diaryl/α,β-unsaturated/α-hetero) is 1. The number of hydrogen-bond acceptors (Lipinski definition) is 5. The van der Waals surface area contributed by atoms with Gasteiger partial charge in [-0.25, -0.2) is 0 Å². The average molecular weight is 432 g/mol. The van der Waals surface area contributed by atoms with E-state index >= 15 is 0 Å². The quantitative estimate of drug-likeness (QED) is 0.502. The van der Waals surface area contributed by atoms with Crippen LogP contribution in [0.1, 0.15) is 28.9 Å². The standard InChI is InChI=1S/C25H24N2O5/c1-17(28)19-13-14-21(22(15-19)31-2)32-16-23(29)27-24(18-9-5-3-6-10-18)25(30)26-20-11-7-4-8-12-20/h3-15,24H,16H2,1-2H3,(H,26,30)(H,27,29). The fourth-order valence-electron chi connectivity index (χ4n) is 3.03. The molecule has 2 N–H and O–H groups in total. The number of carbonyl (C=O) groups is 3. The summed E-state index contributed by atoms with van der Waals surface area (Å²) in [6.07, 6.45) is 0. The molecule has 3 rings (SSSR count). The number of nitrogens with one attached hydrogen (secondary N) is 2. The van der Waals surface area contributed by atoms with E-state index in [0.29, 0.717) is 28.3 Å². The molecule has 0 aliphatic rings. The Balaban J connectivity index is 1.70. The topological polar surface area (TPSA) is 93.7 Å². The van der Waals surface area contributed by atoms with E-state index in [1.807, 2.05) is 24.3 Å². The summed E-state index contributed by atoms with van der Waals surface area (Å²) in [7, 11) is 1.45. The number of anilines is 1. The SMILES string of the molecule is COc1cc(C(C)=O)ccc1OCC(=O)NC(C(=O)Nc1ccccc1)c1ccccc1. The second-order valence-electron chi connectivity index (χ2n) is 6.98. The monoisotopic (exact) mass is 432 g/mol. The van der Waals surface area contributed by atoms with Crippen LogP contribution >= 0.6 is 0 Å². The molecule has 1 unspecified atom stereocenters. The molecule has 0 saturated heterocycles. The van der Waals surface area contributed by atoms with Crippen molar-refractivity contribution in [1.29, 1.82) is 0 Å². The number of methoxy groups -OCH3 is 1. The van der Waals surface area contributed by atoms with Gasteiger partial charge in [0.2, 0.25) is 0 Å². The molecule has 1 atom stereocenters. The zero-order valence-corrected chi connectivity index (χ0v) is 17.8. The predicted octanol–water partition coefficient (Wildman–Crippen LogP) is 3.77. The molecule has 7 nitrogen and oxygen atoms in total. The van der Waals surface area contributed by atoms with Crippen LogP contribution in [0, 0.1) is 0 Å². The highest BCUT2D eigenvalue weighted by Crippen LogP contribution is 2.28. The van der Waals surface area contributed by atoms with E-state index in [-0.39, 0.29) is 18.3 Å². The van der Waals surface area contributed by atoms with E-state index in [9.17, 15) is 14.4 Å². The van der Waals surface area contributed by atoms with Gasteiger partial charge >= 0.3 is 0 Å². The first-order chi connectivity index (χ1) is 15.5. The highest BCUT2D eigenvalue weighted by atomic mass is 16.5. The van der Waals surface area contributed by atoms with Crippen LogP contribution in [0.15, 0.2) is 78.9 Å². The maximum absolute atomic E-state index is 12.9. The van der Waals surface area contributed by atoms with Gasteiger partial charge in [0.25, 0.3) is 11.8 Å². The molecule has 7 heteroatoms. The van der Waals surface area contributed by atoms with Crippen LogP contribution in [0.4, 0.5) is 5.69 Å². The average Bonchev–Trinajstić information content (AvgIpc) is 2.82. The molecular weight excluding hydrogens is 408 g/mol. The van der Waals surface area contributed by atoms with Crippen molar-refractivity contribution in [3.8, 4) is 11.5 Å². The summed E-state index contributed by atoms with van der Waals surface area (Å²) in [6, 6.07) is 21.8. The Bertz CT molecular complexity index is 1080. The van der Waals surface area contributed by atoms with Crippen molar-refractivity contribution in [2.24, 2.45) is 0 Å². The molecule has 32 heavy (non-hydrogen) atoms. The van der Waals surface area contributed by atoms with Crippen LogP contribution in [-0.4, -0.2) is 31.3 Å². The smallest absolute Gasteiger partial charge is 0.258 e. The van der Waals surface area contributed by atoms with Gasteiger partial charge in [0.05, 0.1) is 7.11 Å². The third kappa shape index (κ3) is 5.95. The molecule has 2 amide bonds. The van der Waals surface area contributed by atoms with Gasteiger partial charge in [-0.15, -0.1) is 0 Å². The Kier molecular flexibility index (Phi) is 7.59. The van der Waals surface area contributed by atoms with Crippen molar-refractivity contribution >= 4 is 23.3 Å². The number of benzene rings is 3. The lowest BCUT2D eigenvalue weighted by Crippen LogP contribution is -2.39. The summed E-state index contributed by atoms with van der Waals surface area (Å²) in [4.78, 5) is 37.1. The number of ether oxygens (including phenoxy) is 2. The Labute approximate surface area is 186 Å². The van der Waals surface area contributed by atoms with Gasteiger partial charge in [-0.2, -0.15) is 0 Å². The highest BCUT2D eigenvalue weighted by molar-refractivity contribution is 5.98. The molecule has 0 fully saturated rings. The van der Waals surface area contributed by atoms with Gasteiger partial charge in [0.15, 0.2) is 23.9 Å². The predicted molar refractivity (Wildman–Crippen MR) is 121 cm³/mol. The molecule has 3 aromatic carbocycles. The summed E-state index contributed by atoms with van der Waals surface area (Å²) in [6.45, 7) is 1.12. The Morgan fingerprint density at radius 1 is 0.875 bits per heavy atom. The molecule has 0 aromatic heterocycles. The van der Waals surface area contributed by atoms with Crippen molar-refractivity contribution in [3.05, 3.63) is 90.0 Å². The molecule has 164 valence electrons. The normalized spacial score (nSPS) is 11.2. The number of amides is 2. The van der Waals surface area contributed by atoms with Crippen molar-refractivity contribution in [3.63, 3.8) is 0 Å². The third-order valence-electron chi connectivity index (χ3n) is 4.67. The van der Waals surface area contributed by atoms with Gasteiger partial charge in [0, 0.05) is 11.3 Å². The van der Waals surface area contributed by atoms with E-state index in [2.05, 4.69) is 10.6 Å². The zero-order chi connectivity index (χ0) is 22.9. The minimum absolute atomic E-state index is 0.109. The number of ketones is 1. The first-order valence-corrected chi connectivity index (χ1v) is 10.00. The van der Waals surface area contributed by atoms with E-state index in [1.165, 1.54) is 14.0 Å². The molecule has 0 saturated carbocycles. The molecular formula is C25H24N2O5. The summed E-state index contributed by atoms with van der Waals surface area (Å²) in [5.41, 5.74) is 1.73. The molecule has 0 radical (unpaired) electrons. The highest BCUT2D eigenvalue weighted by Gasteiger charge is 2.23. The number of carbonyl (C=O) groups excluding carboxylic acids is 3. The lowest BCUT2D eigenvalue weighted by atomic mass is 10.1. The van der Waals surface area contributed by atoms with E-state index in [4.69, 9.17) is 9.47 Å². The first kappa shape index (κ1) is 22.6. The van der Waals surface area contributed by atoms with Crippen LogP contribution < -0.4 is 20.1 Å². The van der Waals surface area contributed by atoms with Gasteiger partial charge in [-0.05, 0) is 42.8 Å². The van der Waals surface area contributed by atoms with Crippen LogP contribution in [0.2, 0.25) is 0 Å². The molecule has 0 heterocycles. The zero-order valence-electron chi connectivity index (χ0n) is 17.8. The summed E-state index contributed by atoms with van der Waals surface area (Å²) in [5, 5.41) is 5.53. The number of rotatable bonds is 9. The Hall–Kier alpha value is -4.13. The summed E-state index contributed by atoms with van der Waals surface area (Å²) >= 11 is 0. The third-order valence-corrected chi connectivity index (χ3v) is 4.67. The van der Waals surface area contributed by atoms with Crippen molar-refractivity contribution in [1.82, 2.24) is 5.32 Å². The minimum atomic E-state index is -0.908. The molecule has 3 aromatic rings. The fraction of sp³-hybridized carbons (Fsp3) is 0.160. The minimum Gasteiger partial charge on any atom is -0.493 e. The van der Waals surface area contributed by atoms with Crippen LogP contribution in [0.25, 0.3) is 0 Å². The van der Waals surface area contributed by atoms with Crippen molar-refractivity contribution in [2.45, 2.75) is 13.0 Å². The lowest BCUT2D eigenvalue weighted by Gasteiger charge is -2.19. The Morgan fingerprint density at radius 2 is 1.53 bits per heavy atom. The Morgan fingerprint density at radius 3 is 2.16 bits per heavy atom. The van der Waals surface area contributed by atoms with E-state index in [0.717, 1.165) is 0 Å². The first-order valence-electron chi connectivity index (χ1n) is 10.00. The maximum atomic E-state index is 12.9. The second-order valence-corrected chi connectivity index (χ2v) is 6.98. The van der Waals surface area contributed by atoms with Crippen LogP contribution in [-0.2, 0) is 9.59 Å². The number of para-hydroxylation sites is 1. The maximum Gasteiger partial charge on any atom is 0.258 e. The van der Waals surface area contributed by atoms with E-state index in [1.54, 1.807) is 54.6 Å². The largest absolute Gasteiger partial charge is 0.493 e. The van der Waals surface area contributed by atoms with Crippen molar-refractivity contribution < 1.29 is 23.9 Å². The van der Waals surface area contributed by atoms with Crippen LogP contribution in [0.5, 0.6) is 11.5 Å². The second kappa shape index (κ2) is 10.8. The van der Waals surface area contributed by atoms with Gasteiger partial charge in [0.1, 0.15) is 6.04 Å². The number of hydrogen-bond donors (Lipinski definition) is 2. The fourth-order valence-corrected chi connectivity index (χ4v) is 3.03. The van der Waals surface area contributed by atoms with Gasteiger partial charge in [-0.1, -0.05) is 48.5 Å². The molecule has 0 aliphatic carbocycles. The van der Waals surface area contributed by atoms with Gasteiger partial charge < -0.3 is 20.1 Å². The molecule has 0 spiro atoms. The summed E-state index contributed by atoms with van der Waals surface area (Å²) in [5.74, 6) is -0.314. The van der Waals surface area contributed by atoms with E-state index < -0.39 is 11.9 Å². The van der Waals surface area contributed by atoms with Gasteiger partial charge in [-0.3, -0.25) is 14.4 Å². The molecule has 0 bridgehead atoms. The summed E-state index contributed by atoms with van der Waals surface area (Å²) < 4.78 is 10.8. The molecule has 0 aliphatic heterocycles.